The van der Waals surface area contributed by atoms with Crippen LogP contribution in [0.1, 0.15) is 54.1 Å². The van der Waals surface area contributed by atoms with Crippen molar-refractivity contribution in [1.29, 1.82) is 0 Å². The van der Waals surface area contributed by atoms with Gasteiger partial charge in [0.15, 0.2) is 5.82 Å². The molecule has 10 heteroatoms. The zero-order valence-electron chi connectivity index (χ0n) is 20.1. The maximum Gasteiger partial charge on any atom is 0.339 e. The van der Waals surface area contributed by atoms with Crippen molar-refractivity contribution < 1.29 is 19.2 Å². The van der Waals surface area contributed by atoms with Crippen LogP contribution in [0, 0.1) is 0 Å². The molecule has 0 amide bonds. The lowest BCUT2D eigenvalue weighted by molar-refractivity contribution is 0.00954. The van der Waals surface area contributed by atoms with Crippen molar-refractivity contribution in [3.63, 3.8) is 0 Å². The quantitative estimate of drug-likeness (QED) is 0.308. The predicted octanol–water partition coefficient (Wildman–Crippen LogP) is 4.38. The number of aliphatic hydroxyl groups is 1. The lowest BCUT2D eigenvalue weighted by atomic mass is 9.95. The van der Waals surface area contributed by atoms with E-state index in [1.165, 1.54) is 0 Å². The van der Waals surface area contributed by atoms with Crippen molar-refractivity contribution in [3.05, 3.63) is 77.2 Å². The SMILES string of the molecule is CCc1noc(-c2cnc(Nc3ccc4c(c3)C(C)(C)OC4=O)nc2N[C@H](CO)c2ccccc2)n1. The highest BCUT2D eigenvalue weighted by Gasteiger charge is 2.37. The topological polar surface area (TPSA) is 135 Å². The number of benzene rings is 2. The van der Waals surface area contributed by atoms with E-state index in [1.807, 2.05) is 57.2 Å². The Morgan fingerprint density at radius 2 is 1.89 bits per heavy atom. The van der Waals surface area contributed by atoms with Crippen molar-refractivity contribution in [1.82, 2.24) is 20.1 Å². The van der Waals surface area contributed by atoms with Crippen LogP contribution >= 0.6 is 0 Å². The highest BCUT2D eigenvalue weighted by atomic mass is 16.6. The van der Waals surface area contributed by atoms with Crippen LogP contribution in [-0.4, -0.2) is 37.8 Å². The summed E-state index contributed by atoms with van der Waals surface area (Å²) in [6.45, 7) is 5.47. The second-order valence-electron chi connectivity index (χ2n) is 8.90. The number of hydrogen-bond donors (Lipinski definition) is 3. The van der Waals surface area contributed by atoms with E-state index >= 15 is 0 Å². The molecule has 0 saturated heterocycles. The zero-order valence-corrected chi connectivity index (χ0v) is 20.1. The largest absolute Gasteiger partial charge is 0.451 e. The third-order valence-electron chi connectivity index (χ3n) is 5.99. The molecule has 3 heterocycles. The monoisotopic (exact) mass is 486 g/mol. The number of nitrogens with zero attached hydrogens (tertiary/aromatic N) is 4. The van der Waals surface area contributed by atoms with Crippen LogP contribution in [-0.2, 0) is 16.8 Å². The number of rotatable bonds is 8. The Bertz CT molecular complexity index is 1400. The van der Waals surface area contributed by atoms with Crippen LogP contribution in [0.2, 0.25) is 0 Å². The number of cyclic esters (lactones) is 1. The molecule has 0 saturated carbocycles. The van der Waals surface area contributed by atoms with Crippen LogP contribution in [0.15, 0.2) is 59.3 Å². The number of aryl methyl sites for hydroxylation is 1. The van der Waals surface area contributed by atoms with E-state index in [2.05, 4.69) is 30.7 Å². The van der Waals surface area contributed by atoms with Gasteiger partial charge in [-0.15, -0.1) is 0 Å². The Kier molecular flexibility index (Phi) is 6.11. The minimum atomic E-state index is -0.722. The number of aliphatic hydroxyl groups excluding tert-OH is 1. The zero-order chi connectivity index (χ0) is 25.3. The number of ether oxygens (including phenoxy) is 1. The predicted molar refractivity (Wildman–Crippen MR) is 133 cm³/mol. The van der Waals surface area contributed by atoms with Gasteiger partial charge in [0.2, 0.25) is 5.95 Å². The summed E-state index contributed by atoms with van der Waals surface area (Å²) < 4.78 is 10.9. The number of anilines is 3. The van der Waals surface area contributed by atoms with Gasteiger partial charge in [-0.25, -0.2) is 9.78 Å². The van der Waals surface area contributed by atoms with E-state index in [9.17, 15) is 9.90 Å². The molecular weight excluding hydrogens is 460 g/mol. The van der Waals surface area contributed by atoms with E-state index in [1.54, 1.807) is 18.3 Å². The number of esters is 1. The summed E-state index contributed by atoms with van der Waals surface area (Å²) in [6, 6.07) is 14.5. The summed E-state index contributed by atoms with van der Waals surface area (Å²) in [7, 11) is 0. The highest BCUT2D eigenvalue weighted by Crippen LogP contribution is 2.38. The smallest absolute Gasteiger partial charge is 0.339 e. The van der Waals surface area contributed by atoms with Crippen molar-refractivity contribution in [2.45, 2.75) is 38.8 Å². The van der Waals surface area contributed by atoms with Gasteiger partial charge in [-0.2, -0.15) is 9.97 Å². The molecule has 3 N–H and O–H groups in total. The molecule has 0 bridgehead atoms. The van der Waals surface area contributed by atoms with Crippen LogP contribution < -0.4 is 10.6 Å². The molecule has 5 rings (SSSR count). The number of carbonyl (C=O) groups excluding carboxylic acids is 1. The molecule has 2 aromatic heterocycles. The fourth-order valence-electron chi connectivity index (χ4n) is 4.07. The fraction of sp³-hybridized carbons (Fsp3) is 0.269. The molecule has 10 nitrogen and oxygen atoms in total. The van der Waals surface area contributed by atoms with Gasteiger partial charge < -0.3 is 25.0 Å². The number of fused-ring (bicyclic) bond motifs is 1. The van der Waals surface area contributed by atoms with Gasteiger partial charge in [0, 0.05) is 23.9 Å². The van der Waals surface area contributed by atoms with Crippen molar-refractivity contribution in [3.8, 4) is 11.5 Å². The average molecular weight is 487 g/mol. The van der Waals surface area contributed by atoms with E-state index in [-0.39, 0.29) is 18.5 Å². The normalized spacial score (nSPS) is 14.7. The minimum absolute atomic E-state index is 0.159. The summed E-state index contributed by atoms with van der Waals surface area (Å²) in [6.07, 6.45) is 2.21. The molecule has 0 spiro atoms. The standard InChI is InChI=1S/C26H26N6O4/c1-4-21-30-23(36-32-21)18-13-27-25(31-22(18)29-20(14-33)15-8-6-5-7-9-15)28-16-10-11-17-19(12-16)26(2,3)35-24(17)34/h5-13,20,33H,4,14H2,1-3H3,(H2,27,28,29,31)/t20-/m1/s1. The Morgan fingerprint density at radius 3 is 2.61 bits per heavy atom. The summed E-state index contributed by atoms with van der Waals surface area (Å²) in [5.41, 5.74) is 2.71. The number of nitrogens with one attached hydrogen (secondary N) is 2. The molecule has 1 atom stereocenters. The summed E-state index contributed by atoms with van der Waals surface area (Å²) in [4.78, 5) is 25.7. The Balaban J connectivity index is 1.50. The van der Waals surface area contributed by atoms with Gasteiger partial charge >= 0.3 is 5.97 Å². The first-order chi connectivity index (χ1) is 17.4. The van der Waals surface area contributed by atoms with Gasteiger partial charge in [0.25, 0.3) is 5.89 Å². The summed E-state index contributed by atoms with van der Waals surface area (Å²) in [5, 5.41) is 20.6. The lowest BCUT2D eigenvalue weighted by Gasteiger charge is -2.20. The van der Waals surface area contributed by atoms with Crippen molar-refractivity contribution in [2.24, 2.45) is 0 Å². The average Bonchev–Trinajstić information content (AvgIpc) is 3.45. The Hall–Kier alpha value is -4.31. The molecular formula is C26H26N6O4. The molecule has 0 aliphatic carbocycles. The minimum Gasteiger partial charge on any atom is -0.451 e. The van der Waals surface area contributed by atoms with Crippen LogP contribution in [0.3, 0.4) is 0 Å². The summed E-state index contributed by atoms with van der Waals surface area (Å²) >= 11 is 0. The Morgan fingerprint density at radius 1 is 1.08 bits per heavy atom. The molecule has 184 valence electrons. The lowest BCUT2D eigenvalue weighted by Crippen LogP contribution is -2.17. The molecule has 2 aromatic carbocycles. The third kappa shape index (κ3) is 4.50. The summed E-state index contributed by atoms with van der Waals surface area (Å²) in [5.74, 6) is 1.24. The second-order valence-corrected chi connectivity index (χ2v) is 8.90. The first-order valence-corrected chi connectivity index (χ1v) is 11.6. The molecule has 0 fully saturated rings. The number of hydrogen-bond acceptors (Lipinski definition) is 10. The van der Waals surface area contributed by atoms with Gasteiger partial charge in [-0.05, 0) is 37.6 Å². The van der Waals surface area contributed by atoms with E-state index in [4.69, 9.17) is 9.26 Å². The van der Waals surface area contributed by atoms with Crippen molar-refractivity contribution in [2.75, 3.05) is 17.2 Å². The number of carbonyl (C=O) groups is 1. The van der Waals surface area contributed by atoms with Crippen molar-refractivity contribution >= 4 is 23.4 Å². The van der Waals surface area contributed by atoms with Crippen LogP contribution in [0.5, 0.6) is 0 Å². The maximum atomic E-state index is 12.1. The second kappa shape index (κ2) is 9.38. The molecule has 1 aliphatic heterocycles. The molecule has 36 heavy (non-hydrogen) atoms. The molecule has 1 aliphatic rings. The van der Waals surface area contributed by atoms with E-state index in [0.29, 0.717) is 40.8 Å². The van der Waals surface area contributed by atoms with Gasteiger partial charge in [0.05, 0.1) is 18.2 Å². The molecule has 0 unspecified atom stereocenters. The van der Waals surface area contributed by atoms with E-state index in [0.717, 1.165) is 11.1 Å². The first kappa shape index (κ1) is 23.4. The fourth-order valence-corrected chi connectivity index (χ4v) is 4.07. The van der Waals surface area contributed by atoms with Gasteiger partial charge in [0.1, 0.15) is 17.0 Å². The Labute approximate surface area is 207 Å². The first-order valence-electron chi connectivity index (χ1n) is 11.6. The third-order valence-corrected chi connectivity index (χ3v) is 5.99. The maximum absolute atomic E-state index is 12.1. The van der Waals surface area contributed by atoms with E-state index < -0.39 is 11.6 Å². The number of aromatic nitrogens is 4. The molecule has 4 aromatic rings. The van der Waals surface area contributed by atoms with Gasteiger partial charge in [-0.3, -0.25) is 0 Å². The van der Waals surface area contributed by atoms with Gasteiger partial charge in [-0.1, -0.05) is 42.4 Å². The van der Waals surface area contributed by atoms with Crippen LogP contribution in [0.4, 0.5) is 17.5 Å². The molecule has 0 radical (unpaired) electrons. The highest BCUT2D eigenvalue weighted by molar-refractivity contribution is 5.95. The van der Waals surface area contributed by atoms with Crippen LogP contribution in [0.25, 0.3) is 11.5 Å².